The van der Waals surface area contributed by atoms with Crippen LogP contribution in [0.1, 0.15) is 23.9 Å². The fraction of sp³-hybridized carbons (Fsp3) is 0.353. The Morgan fingerprint density at radius 1 is 1.24 bits per heavy atom. The van der Waals surface area contributed by atoms with Gasteiger partial charge in [-0.15, -0.1) is 0 Å². The quantitative estimate of drug-likeness (QED) is 0.918. The number of ether oxygens (including phenoxy) is 1. The fourth-order valence-corrected chi connectivity index (χ4v) is 2.28. The third-order valence-corrected chi connectivity index (χ3v) is 4.07. The molecule has 0 fully saturated rings. The molecule has 0 aliphatic carbocycles. The maximum atomic E-state index is 12.5. The molecule has 1 N–H and O–H groups in total. The lowest BCUT2D eigenvalue weighted by Crippen LogP contribution is -2.43. The van der Waals surface area contributed by atoms with Gasteiger partial charge in [0.15, 0.2) is 5.60 Å². The Balaban J connectivity index is 2.12. The average molecular weight is 286 g/mol. The van der Waals surface area contributed by atoms with Crippen molar-refractivity contribution in [3.8, 4) is 0 Å². The van der Waals surface area contributed by atoms with Gasteiger partial charge in [0.1, 0.15) is 0 Å². The summed E-state index contributed by atoms with van der Waals surface area (Å²) in [6.07, 6.45) is 0. The lowest BCUT2D eigenvalue weighted by molar-refractivity contribution is -0.142. The Hall–Kier alpha value is -2.07. The number of benzene rings is 1. The first-order valence-corrected chi connectivity index (χ1v) is 6.99. The van der Waals surface area contributed by atoms with Crippen molar-refractivity contribution in [2.75, 3.05) is 7.11 Å². The van der Waals surface area contributed by atoms with Gasteiger partial charge in [0.2, 0.25) is 0 Å². The number of carbonyl (C=O) groups excluding carboxylic acids is 1. The van der Waals surface area contributed by atoms with E-state index in [1.54, 1.807) is 14.0 Å². The van der Waals surface area contributed by atoms with Crippen LogP contribution in [-0.2, 0) is 28.7 Å². The lowest BCUT2D eigenvalue weighted by atomic mass is 9.95. The van der Waals surface area contributed by atoms with Gasteiger partial charge < -0.3 is 14.6 Å². The van der Waals surface area contributed by atoms with Gasteiger partial charge in [-0.3, -0.25) is 4.79 Å². The Labute approximate surface area is 125 Å². The van der Waals surface area contributed by atoms with E-state index in [2.05, 4.69) is 9.88 Å². The Morgan fingerprint density at radius 2 is 1.90 bits per heavy atom. The normalized spacial score (nSPS) is 13.7. The van der Waals surface area contributed by atoms with Crippen LogP contribution in [0.4, 0.5) is 0 Å². The number of nitrogens with zero attached hydrogens (tertiary/aromatic N) is 1. The molecule has 0 bridgehead atoms. The third kappa shape index (κ3) is 3.00. The van der Waals surface area contributed by atoms with Gasteiger partial charge in [0, 0.05) is 25.5 Å². The average Bonchev–Trinajstić information content (AvgIpc) is 2.84. The number of aromatic nitrogens is 1. The van der Waals surface area contributed by atoms with Crippen molar-refractivity contribution in [3.05, 3.63) is 59.4 Å². The standard InChI is InChI=1S/C17H22N2O2/c1-13-10-11-15(19(13)3)12-18-16(20)17(2,21-4)14-8-6-5-7-9-14/h5-11H,12H2,1-4H3,(H,18,20)/t17-/m1/s1. The van der Waals surface area contributed by atoms with Crippen molar-refractivity contribution in [1.29, 1.82) is 0 Å². The van der Waals surface area contributed by atoms with E-state index in [1.165, 1.54) is 0 Å². The highest BCUT2D eigenvalue weighted by atomic mass is 16.5. The molecule has 0 aliphatic rings. The first-order valence-electron chi connectivity index (χ1n) is 6.99. The minimum atomic E-state index is -0.985. The molecule has 112 valence electrons. The van der Waals surface area contributed by atoms with Crippen LogP contribution in [0.2, 0.25) is 0 Å². The minimum absolute atomic E-state index is 0.143. The van der Waals surface area contributed by atoms with Crippen LogP contribution in [0.25, 0.3) is 0 Å². The first kappa shape index (κ1) is 15.3. The van der Waals surface area contributed by atoms with Gasteiger partial charge in [0.05, 0.1) is 6.54 Å². The molecule has 0 aliphatic heterocycles. The van der Waals surface area contributed by atoms with Crippen LogP contribution >= 0.6 is 0 Å². The number of rotatable bonds is 5. The molecule has 0 spiro atoms. The molecule has 1 aromatic carbocycles. The van der Waals surface area contributed by atoms with Gasteiger partial charge in [-0.1, -0.05) is 30.3 Å². The summed E-state index contributed by atoms with van der Waals surface area (Å²) >= 11 is 0. The maximum Gasteiger partial charge on any atom is 0.256 e. The second kappa shape index (κ2) is 6.14. The molecule has 2 rings (SSSR count). The molecule has 1 amide bonds. The molecule has 0 saturated carbocycles. The van der Waals surface area contributed by atoms with E-state index in [9.17, 15) is 4.79 Å². The third-order valence-electron chi connectivity index (χ3n) is 4.07. The van der Waals surface area contributed by atoms with E-state index < -0.39 is 5.60 Å². The topological polar surface area (TPSA) is 43.3 Å². The number of methoxy groups -OCH3 is 1. The summed E-state index contributed by atoms with van der Waals surface area (Å²) < 4.78 is 7.55. The smallest absolute Gasteiger partial charge is 0.256 e. The number of amides is 1. The number of nitrogens with one attached hydrogen (secondary N) is 1. The second-order valence-electron chi connectivity index (χ2n) is 5.31. The highest BCUT2D eigenvalue weighted by Crippen LogP contribution is 2.24. The highest BCUT2D eigenvalue weighted by molar-refractivity contribution is 5.86. The van der Waals surface area contributed by atoms with Crippen LogP contribution in [-0.4, -0.2) is 17.6 Å². The molecule has 1 heterocycles. The predicted octanol–water partition coefficient (Wildman–Crippen LogP) is 2.51. The van der Waals surface area contributed by atoms with E-state index in [0.717, 1.165) is 17.0 Å². The predicted molar refractivity (Wildman–Crippen MR) is 82.8 cm³/mol. The van der Waals surface area contributed by atoms with Crippen LogP contribution in [0, 0.1) is 6.92 Å². The van der Waals surface area contributed by atoms with Crippen LogP contribution in [0.5, 0.6) is 0 Å². The zero-order valence-corrected chi connectivity index (χ0v) is 13.0. The highest BCUT2D eigenvalue weighted by Gasteiger charge is 2.34. The summed E-state index contributed by atoms with van der Waals surface area (Å²) in [5.74, 6) is -0.143. The Bertz CT molecular complexity index is 619. The molecule has 2 aromatic rings. The van der Waals surface area contributed by atoms with Crippen LogP contribution in [0.3, 0.4) is 0 Å². The Morgan fingerprint density at radius 3 is 2.43 bits per heavy atom. The van der Waals surface area contributed by atoms with Gasteiger partial charge in [0.25, 0.3) is 5.91 Å². The minimum Gasteiger partial charge on any atom is -0.364 e. The van der Waals surface area contributed by atoms with Gasteiger partial charge in [-0.2, -0.15) is 0 Å². The lowest BCUT2D eigenvalue weighted by Gasteiger charge is -2.27. The number of aryl methyl sites for hydroxylation is 1. The molecular weight excluding hydrogens is 264 g/mol. The largest absolute Gasteiger partial charge is 0.364 e. The van der Waals surface area contributed by atoms with Crippen LogP contribution in [0.15, 0.2) is 42.5 Å². The number of hydrogen-bond acceptors (Lipinski definition) is 2. The van der Waals surface area contributed by atoms with E-state index in [-0.39, 0.29) is 5.91 Å². The summed E-state index contributed by atoms with van der Waals surface area (Å²) in [5.41, 5.74) is 2.08. The SMILES string of the molecule is CO[C@@](C)(C(=O)NCc1ccc(C)n1C)c1ccccc1. The number of carbonyl (C=O) groups is 1. The van der Waals surface area contributed by atoms with Crippen molar-refractivity contribution in [2.24, 2.45) is 7.05 Å². The number of hydrogen-bond donors (Lipinski definition) is 1. The molecule has 4 nitrogen and oxygen atoms in total. The summed E-state index contributed by atoms with van der Waals surface area (Å²) in [6.45, 7) is 4.30. The molecule has 0 saturated heterocycles. The van der Waals surface area contributed by atoms with Crippen molar-refractivity contribution >= 4 is 5.91 Å². The van der Waals surface area contributed by atoms with E-state index in [1.807, 2.05) is 56.4 Å². The summed E-state index contributed by atoms with van der Waals surface area (Å²) in [5, 5.41) is 2.96. The second-order valence-corrected chi connectivity index (χ2v) is 5.31. The molecule has 21 heavy (non-hydrogen) atoms. The van der Waals surface area contributed by atoms with E-state index in [4.69, 9.17) is 4.74 Å². The van der Waals surface area contributed by atoms with Crippen molar-refractivity contribution in [2.45, 2.75) is 26.0 Å². The Kier molecular flexibility index (Phi) is 4.48. The molecule has 1 atom stereocenters. The molecule has 4 heteroatoms. The molecule has 1 aromatic heterocycles. The van der Waals surface area contributed by atoms with Gasteiger partial charge >= 0.3 is 0 Å². The zero-order valence-electron chi connectivity index (χ0n) is 13.0. The first-order chi connectivity index (χ1) is 9.99. The van der Waals surface area contributed by atoms with Gasteiger partial charge in [-0.05, 0) is 31.5 Å². The van der Waals surface area contributed by atoms with E-state index >= 15 is 0 Å². The van der Waals surface area contributed by atoms with Gasteiger partial charge in [-0.25, -0.2) is 0 Å². The molecule has 0 unspecified atom stereocenters. The van der Waals surface area contributed by atoms with E-state index in [0.29, 0.717) is 6.54 Å². The fourth-order valence-electron chi connectivity index (χ4n) is 2.28. The maximum absolute atomic E-state index is 12.5. The van der Waals surface area contributed by atoms with Crippen molar-refractivity contribution < 1.29 is 9.53 Å². The monoisotopic (exact) mass is 286 g/mol. The van der Waals surface area contributed by atoms with Crippen LogP contribution < -0.4 is 5.32 Å². The zero-order chi connectivity index (χ0) is 15.5. The summed E-state index contributed by atoms with van der Waals surface area (Å²) in [4.78, 5) is 12.5. The van der Waals surface area contributed by atoms with Crippen molar-refractivity contribution in [3.63, 3.8) is 0 Å². The summed E-state index contributed by atoms with van der Waals surface area (Å²) in [6, 6.07) is 13.6. The summed E-state index contributed by atoms with van der Waals surface area (Å²) in [7, 11) is 3.54. The van der Waals surface area contributed by atoms with Crippen molar-refractivity contribution in [1.82, 2.24) is 9.88 Å². The molecule has 0 radical (unpaired) electrons. The molecular formula is C17H22N2O2.